The number of carbonyl (C=O) groups is 1. The molecule has 5 rings (SSSR count). The Morgan fingerprint density at radius 2 is 1.82 bits per heavy atom. The molecule has 0 spiro atoms. The Hall–Kier alpha value is -3.84. The predicted octanol–water partition coefficient (Wildman–Crippen LogP) is 4.27. The van der Waals surface area contributed by atoms with Crippen molar-refractivity contribution in [2.75, 3.05) is 26.8 Å². The lowest BCUT2D eigenvalue weighted by atomic mass is 10.1. The lowest BCUT2D eigenvalue weighted by molar-refractivity contribution is 0.0919. The fraction of sp³-hybridized carbons (Fsp3) is 0.160. The number of carbonyl (C=O) groups excluding carboxylic acids is 1. The van der Waals surface area contributed by atoms with E-state index in [1.165, 1.54) is 0 Å². The summed E-state index contributed by atoms with van der Waals surface area (Å²) in [5.74, 6) is 2.59. The van der Waals surface area contributed by atoms with Crippen LogP contribution in [0.3, 0.4) is 0 Å². The van der Waals surface area contributed by atoms with Crippen molar-refractivity contribution in [1.29, 1.82) is 0 Å². The van der Waals surface area contributed by atoms with E-state index in [9.17, 15) is 4.79 Å². The highest BCUT2D eigenvalue weighted by Crippen LogP contribution is 2.32. The van der Waals surface area contributed by atoms with E-state index in [0.29, 0.717) is 17.1 Å². The smallest absolute Gasteiger partial charge is 0.200 e. The van der Waals surface area contributed by atoms with E-state index in [2.05, 4.69) is 15.3 Å². The molecule has 0 saturated carbocycles. The number of imidazole rings is 1. The molecule has 8 heteroatoms. The Morgan fingerprint density at radius 1 is 1.00 bits per heavy atom. The number of aliphatic imine (C=N–C) groups is 1. The molecule has 0 radical (unpaired) electrons. The van der Waals surface area contributed by atoms with Gasteiger partial charge in [-0.15, -0.1) is 12.4 Å². The number of aromatic amines is 1. The summed E-state index contributed by atoms with van der Waals surface area (Å²) in [6, 6.07) is 20.7. The maximum absolute atomic E-state index is 12.3. The van der Waals surface area contributed by atoms with Crippen molar-refractivity contribution in [1.82, 2.24) is 15.3 Å². The Morgan fingerprint density at radius 3 is 2.58 bits per heavy atom. The highest BCUT2D eigenvalue weighted by molar-refractivity contribution is 6.02. The van der Waals surface area contributed by atoms with Crippen LogP contribution in [-0.4, -0.2) is 48.4 Å². The van der Waals surface area contributed by atoms with Gasteiger partial charge >= 0.3 is 0 Å². The van der Waals surface area contributed by atoms with Gasteiger partial charge in [-0.3, -0.25) is 9.79 Å². The summed E-state index contributed by atoms with van der Waals surface area (Å²) in [6.07, 6.45) is 0. The number of amidine groups is 1. The second kappa shape index (κ2) is 9.75. The maximum Gasteiger partial charge on any atom is 0.200 e. The van der Waals surface area contributed by atoms with E-state index in [0.717, 1.165) is 46.9 Å². The van der Waals surface area contributed by atoms with Gasteiger partial charge in [0.25, 0.3) is 0 Å². The van der Waals surface area contributed by atoms with Gasteiger partial charge in [-0.25, -0.2) is 4.98 Å². The summed E-state index contributed by atoms with van der Waals surface area (Å²) in [6.45, 7) is 1.60. The SMILES string of the molecule is COc1cc(-c2nc3ccc(C4=NCCN4)cc3[nH]2)ccc1OCC(=O)c1ccccc1.Cl. The summed E-state index contributed by atoms with van der Waals surface area (Å²) < 4.78 is 11.2. The number of ether oxygens (including phenoxy) is 2. The monoisotopic (exact) mass is 462 g/mol. The maximum atomic E-state index is 12.3. The van der Waals surface area contributed by atoms with Crippen LogP contribution >= 0.6 is 12.4 Å². The third-order valence-corrected chi connectivity index (χ3v) is 5.32. The number of hydrogen-bond donors (Lipinski definition) is 2. The Balaban J connectivity index is 0.00000259. The van der Waals surface area contributed by atoms with Crippen LogP contribution in [0.15, 0.2) is 71.7 Å². The number of nitrogens with one attached hydrogen (secondary N) is 2. The minimum Gasteiger partial charge on any atom is -0.493 e. The molecule has 1 aliphatic heterocycles. The van der Waals surface area contributed by atoms with Gasteiger partial charge in [0.1, 0.15) is 11.7 Å². The third kappa shape index (κ3) is 4.68. The first-order valence-corrected chi connectivity index (χ1v) is 10.4. The summed E-state index contributed by atoms with van der Waals surface area (Å²) in [5, 5.41) is 3.29. The van der Waals surface area contributed by atoms with Crippen LogP contribution in [0, 0.1) is 0 Å². The van der Waals surface area contributed by atoms with Gasteiger partial charge in [0, 0.05) is 23.2 Å². The molecule has 0 saturated heterocycles. The lowest BCUT2D eigenvalue weighted by Gasteiger charge is -2.11. The Kier molecular flexibility index (Phi) is 6.60. The number of fused-ring (bicyclic) bond motifs is 1. The van der Waals surface area contributed by atoms with Crippen molar-refractivity contribution < 1.29 is 14.3 Å². The van der Waals surface area contributed by atoms with Gasteiger partial charge in [-0.05, 0) is 36.4 Å². The molecule has 3 aromatic carbocycles. The molecule has 0 fully saturated rings. The van der Waals surface area contributed by atoms with E-state index in [-0.39, 0.29) is 24.8 Å². The van der Waals surface area contributed by atoms with Crippen LogP contribution in [0.5, 0.6) is 11.5 Å². The molecular weight excluding hydrogens is 440 g/mol. The number of Topliss-reactive ketones (excluding diaryl/α,β-unsaturated/α-hetero) is 1. The first kappa shape index (κ1) is 22.4. The third-order valence-electron chi connectivity index (χ3n) is 5.32. The number of ketones is 1. The van der Waals surface area contributed by atoms with Crippen molar-refractivity contribution in [3.8, 4) is 22.9 Å². The van der Waals surface area contributed by atoms with Gasteiger partial charge in [0.2, 0.25) is 0 Å². The average Bonchev–Trinajstić information content (AvgIpc) is 3.52. The number of nitrogens with zero attached hydrogens (tertiary/aromatic N) is 2. The zero-order valence-corrected chi connectivity index (χ0v) is 18.8. The quantitative estimate of drug-likeness (QED) is 0.400. The van der Waals surface area contributed by atoms with E-state index < -0.39 is 0 Å². The molecule has 0 unspecified atom stereocenters. The largest absolute Gasteiger partial charge is 0.493 e. The average molecular weight is 463 g/mol. The molecule has 2 N–H and O–H groups in total. The van der Waals surface area contributed by atoms with Crippen molar-refractivity contribution >= 4 is 35.1 Å². The zero-order chi connectivity index (χ0) is 21.9. The van der Waals surface area contributed by atoms with Crippen molar-refractivity contribution in [2.45, 2.75) is 0 Å². The van der Waals surface area contributed by atoms with Crippen LogP contribution in [-0.2, 0) is 0 Å². The molecule has 0 aliphatic carbocycles. The van der Waals surface area contributed by atoms with Gasteiger partial charge in [-0.1, -0.05) is 30.3 Å². The summed E-state index contributed by atoms with van der Waals surface area (Å²) in [7, 11) is 1.57. The molecule has 168 valence electrons. The number of rotatable bonds is 7. The van der Waals surface area contributed by atoms with Crippen molar-refractivity contribution in [2.24, 2.45) is 4.99 Å². The first-order chi connectivity index (χ1) is 15.7. The second-order valence-electron chi connectivity index (χ2n) is 7.42. The van der Waals surface area contributed by atoms with Crippen LogP contribution < -0.4 is 14.8 Å². The van der Waals surface area contributed by atoms with Crippen LogP contribution in [0.1, 0.15) is 15.9 Å². The highest BCUT2D eigenvalue weighted by Gasteiger charge is 2.14. The standard InChI is InChI=1S/C25H22N4O3.ClH/c1-31-23-14-18(8-10-22(23)32-15-21(30)16-5-3-2-4-6-16)25-28-19-9-7-17(13-20(19)29-25)24-26-11-12-27-24;/h2-10,13-14H,11-12,15H2,1H3,(H,26,27)(H,28,29);1H. The fourth-order valence-electron chi connectivity index (χ4n) is 3.67. The summed E-state index contributed by atoms with van der Waals surface area (Å²) >= 11 is 0. The number of methoxy groups -OCH3 is 1. The number of hydrogen-bond acceptors (Lipinski definition) is 6. The predicted molar refractivity (Wildman–Crippen MR) is 131 cm³/mol. The number of benzene rings is 3. The minimum absolute atomic E-state index is 0. The molecule has 0 bridgehead atoms. The molecule has 1 aromatic heterocycles. The van der Waals surface area contributed by atoms with Gasteiger partial charge in [-0.2, -0.15) is 0 Å². The molecule has 7 nitrogen and oxygen atoms in total. The van der Waals surface area contributed by atoms with E-state index in [1.807, 2.05) is 48.5 Å². The van der Waals surface area contributed by atoms with E-state index in [4.69, 9.17) is 14.5 Å². The van der Waals surface area contributed by atoms with Crippen molar-refractivity contribution in [3.63, 3.8) is 0 Å². The second-order valence-corrected chi connectivity index (χ2v) is 7.42. The molecule has 33 heavy (non-hydrogen) atoms. The zero-order valence-electron chi connectivity index (χ0n) is 18.0. The van der Waals surface area contributed by atoms with Gasteiger partial charge < -0.3 is 19.8 Å². The van der Waals surface area contributed by atoms with E-state index in [1.54, 1.807) is 25.3 Å². The van der Waals surface area contributed by atoms with Gasteiger partial charge in [0.15, 0.2) is 23.9 Å². The van der Waals surface area contributed by atoms with Crippen molar-refractivity contribution in [3.05, 3.63) is 77.9 Å². The van der Waals surface area contributed by atoms with Crippen LogP contribution in [0.4, 0.5) is 0 Å². The lowest BCUT2D eigenvalue weighted by Crippen LogP contribution is -2.19. The first-order valence-electron chi connectivity index (χ1n) is 10.4. The fourth-order valence-corrected chi connectivity index (χ4v) is 3.67. The number of aromatic nitrogens is 2. The summed E-state index contributed by atoms with van der Waals surface area (Å²) in [4.78, 5) is 24.9. The van der Waals surface area contributed by atoms with Gasteiger partial charge in [0.05, 0.1) is 24.7 Å². The Bertz CT molecular complexity index is 1320. The summed E-state index contributed by atoms with van der Waals surface area (Å²) in [5.41, 5.74) is 4.31. The highest BCUT2D eigenvalue weighted by atomic mass is 35.5. The Labute approximate surface area is 197 Å². The molecule has 1 aliphatic rings. The number of halogens is 1. The number of H-pyrrole nitrogens is 1. The van der Waals surface area contributed by atoms with Crippen LogP contribution in [0.2, 0.25) is 0 Å². The molecule has 2 heterocycles. The topological polar surface area (TPSA) is 88.6 Å². The normalized spacial score (nSPS) is 12.6. The molecule has 0 amide bonds. The minimum atomic E-state index is -0.0915. The van der Waals surface area contributed by atoms with E-state index >= 15 is 0 Å². The van der Waals surface area contributed by atoms with Crippen LogP contribution in [0.25, 0.3) is 22.4 Å². The molecule has 0 atom stereocenters. The molecule has 4 aromatic rings. The molecular formula is C25H23ClN4O3.